The van der Waals surface area contributed by atoms with E-state index in [0.717, 1.165) is 6.42 Å². The molecule has 0 amide bonds. The summed E-state index contributed by atoms with van der Waals surface area (Å²) in [6.45, 7) is 0. The smallest absolute Gasteiger partial charge is 0.140 e. The molecule has 1 aliphatic rings. The Morgan fingerprint density at radius 1 is 1.11 bits per heavy atom. The molecule has 2 aromatic heterocycles. The van der Waals surface area contributed by atoms with E-state index in [4.69, 9.17) is 0 Å². The monoisotopic (exact) mass is 237 g/mol. The molecule has 1 aromatic carbocycles. The van der Waals surface area contributed by atoms with Gasteiger partial charge in [0.1, 0.15) is 12.5 Å². The van der Waals surface area contributed by atoms with Gasteiger partial charge in [0.2, 0.25) is 0 Å². The average Bonchev–Trinajstić information content (AvgIpc) is 3.09. The van der Waals surface area contributed by atoms with Crippen LogP contribution in [0.2, 0.25) is 0 Å². The zero-order valence-corrected chi connectivity index (χ0v) is 9.64. The van der Waals surface area contributed by atoms with Gasteiger partial charge in [0.25, 0.3) is 0 Å². The summed E-state index contributed by atoms with van der Waals surface area (Å²) in [5, 5.41) is 11.5. The fourth-order valence-electron chi connectivity index (χ4n) is 2.65. The maximum Gasteiger partial charge on any atom is 0.140 e. The summed E-state index contributed by atoms with van der Waals surface area (Å²) in [6.07, 6.45) is 4.78. The van der Waals surface area contributed by atoms with Crippen LogP contribution in [0.15, 0.2) is 48.9 Å². The van der Waals surface area contributed by atoms with Gasteiger partial charge in [0.05, 0.1) is 5.69 Å². The van der Waals surface area contributed by atoms with Crippen molar-refractivity contribution in [2.24, 2.45) is 0 Å². The van der Waals surface area contributed by atoms with E-state index in [9.17, 15) is 0 Å². The standard InChI is InChI=1S/C13H11N5/c1-2-5-11-10(4-1)8-13(18-9-14-15-16-18)17-7-3-6-12(11)17/h1-7,9,13H,8H2. The highest BCUT2D eigenvalue weighted by Gasteiger charge is 2.24. The van der Waals surface area contributed by atoms with Gasteiger partial charge in [-0.25, -0.2) is 4.68 Å². The molecule has 1 atom stereocenters. The summed E-state index contributed by atoms with van der Waals surface area (Å²) in [6, 6.07) is 12.7. The summed E-state index contributed by atoms with van der Waals surface area (Å²) in [5.41, 5.74) is 3.85. The van der Waals surface area contributed by atoms with Crippen LogP contribution in [0, 0.1) is 0 Å². The Morgan fingerprint density at radius 3 is 2.94 bits per heavy atom. The topological polar surface area (TPSA) is 48.5 Å². The van der Waals surface area contributed by atoms with Gasteiger partial charge >= 0.3 is 0 Å². The molecule has 0 bridgehead atoms. The number of rotatable bonds is 1. The van der Waals surface area contributed by atoms with Crippen LogP contribution in [-0.2, 0) is 6.42 Å². The molecule has 1 unspecified atom stereocenters. The summed E-state index contributed by atoms with van der Waals surface area (Å²) < 4.78 is 4.03. The molecule has 0 aliphatic carbocycles. The molecule has 0 fully saturated rings. The van der Waals surface area contributed by atoms with E-state index in [0.29, 0.717) is 0 Å². The van der Waals surface area contributed by atoms with Crippen LogP contribution in [-0.4, -0.2) is 24.8 Å². The lowest BCUT2D eigenvalue weighted by molar-refractivity contribution is 0.378. The molecule has 88 valence electrons. The molecule has 5 nitrogen and oxygen atoms in total. The third-order valence-corrected chi connectivity index (χ3v) is 3.47. The summed E-state index contributed by atoms with van der Waals surface area (Å²) in [5.74, 6) is 0. The highest BCUT2D eigenvalue weighted by atomic mass is 15.6. The Morgan fingerprint density at radius 2 is 2.06 bits per heavy atom. The number of hydrogen-bond acceptors (Lipinski definition) is 3. The van der Waals surface area contributed by atoms with Crippen molar-refractivity contribution in [3.8, 4) is 11.3 Å². The van der Waals surface area contributed by atoms with E-state index in [1.54, 1.807) is 11.0 Å². The first-order valence-electron chi connectivity index (χ1n) is 5.91. The van der Waals surface area contributed by atoms with E-state index in [1.165, 1.54) is 16.8 Å². The molecule has 0 radical (unpaired) electrons. The minimum Gasteiger partial charge on any atom is -0.324 e. The maximum absolute atomic E-state index is 4.03. The highest BCUT2D eigenvalue weighted by Crippen LogP contribution is 2.34. The number of aromatic nitrogens is 5. The van der Waals surface area contributed by atoms with Crippen LogP contribution in [0.5, 0.6) is 0 Å². The molecule has 1 aliphatic heterocycles. The van der Waals surface area contributed by atoms with Gasteiger partial charge in [0, 0.05) is 18.2 Å². The van der Waals surface area contributed by atoms with Crippen molar-refractivity contribution in [3.05, 3.63) is 54.5 Å². The Bertz CT molecular complexity index is 683. The van der Waals surface area contributed by atoms with Gasteiger partial charge in [-0.3, -0.25) is 0 Å². The van der Waals surface area contributed by atoms with Gasteiger partial charge in [-0.05, 0) is 28.1 Å². The number of benzene rings is 1. The molecule has 0 N–H and O–H groups in total. The number of hydrogen-bond donors (Lipinski definition) is 0. The lowest BCUT2D eigenvalue weighted by Crippen LogP contribution is -2.25. The zero-order valence-electron chi connectivity index (χ0n) is 9.64. The van der Waals surface area contributed by atoms with Crippen molar-refractivity contribution in [3.63, 3.8) is 0 Å². The largest absolute Gasteiger partial charge is 0.324 e. The predicted octanol–water partition coefficient (Wildman–Crippen LogP) is 1.74. The second-order valence-corrected chi connectivity index (χ2v) is 4.43. The third-order valence-electron chi connectivity index (χ3n) is 3.47. The first-order chi connectivity index (χ1) is 8.93. The Labute approximate surface area is 104 Å². The molecule has 18 heavy (non-hydrogen) atoms. The van der Waals surface area contributed by atoms with Crippen molar-refractivity contribution in [1.29, 1.82) is 0 Å². The van der Waals surface area contributed by atoms with E-state index >= 15 is 0 Å². The molecule has 3 aromatic rings. The number of nitrogens with zero attached hydrogens (tertiary/aromatic N) is 5. The molecule has 0 saturated carbocycles. The maximum atomic E-state index is 4.03. The Balaban J connectivity index is 1.93. The second kappa shape index (κ2) is 3.53. The van der Waals surface area contributed by atoms with Crippen LogP contribution in [0.25, 0.3) is 11.3 Å². The summed E-state index contributed by atoms with van der Waals surface area (Å²) in [7, 11) is 0. The van der Waals surface area contributed by atoms with Crippen molar-refractivity contribution in [2.45, 2.75) is 12.6 Å². The minimum absolute atomic E-state index is 0.125. The van der Waals surface area contributed by atoms with Crippen LogP contribution >= 0.6 is 0 Å². The number of fused-ring (bicyclic) bond motifs is 3. The minimum atomic E-state index is 0.125. The SMILES string of the molecule is c1ccc2c(c1)CC(n1cnnn1)n1cccc1-2. The average molecular weight is 237 g/mol. The van der Waals surface area contributed by atoms with Crippen LogP contribution < -0.4 is 0 Å². The van der Waals surface area contributed by atoms with Crippen molar-refractivity contribution >= 4 is 0 Å². The van der Waals surface area contributed by atoms with Crippen LogP contribution in [0.1, 0.15) is 11.7 Å². The van der Waals surface area contributed by atoms with Gasteiger partial charge in [-0.2, -0.15) is 0 Å². The summed E-state index contributed by atoms with van der Waals surface area (Å²) in [4.78, 5) is 0. The fraction of sp³-hybridized carbons (Fsp3) is 0.154. The van der Waals surface area contributed by atoms with E-state index in [1.807, 2.05) is 0 Å². The molecule has 4 rings (SSSR count). The van der Waals surface area contributed by atoms with Gasteiger partial charge < -0.3 is 4.57 Å². The first kappa shape index (κ1) is 9.58. The van der Waals surface area contributed by atoms with E-state index in [-0.39, 0.29) is 6.17 Å². The van der Waals surface area contributed by atoms with Gasteiger partial charge in [-0.1, -0.05) is 24.3 Å². The van der Waals surface area contributed by atoms with Crippen molar-refractivity contribution in [1.82, 2.24) is 24.8 Å². The molecule has 0 spiro atoms. The van der Waals surface area contributed by atoms with Gasteiger partial charge in [0.15, 0.2) is 0 Å². The van der Waals surface area contributed by atoms with Crippen LogP contribution in [0.4, 0.5) is 0 Å². The molecule has 3 heterocycles. The van der Waals surface area contributed by atoms with E-state index < -0.39 is 0 Å². The Kier molecular flexibility index (Phi) is 1.88. The quantitative estimate of drug-likeness (QED) is 0.647. The van der Waals surface area contributed by atoms with Crippen molar-refractivity contribution in [2.75, 3.05) is 0 Å². The normalized spacial score (nSPS) is 17.2. The fourth-order valence-corrected chi connectivity index (χ4v) is 2.65. The third kappa shape index (κ3) is 1.24. The molecule has 0 saturated heterocycles. The first-order valence-corrected chi connectivity index (χ1v) is 5.91. The lowest BCUT2D eigenvalue weighted by atomic mass is 9.97. The zero-order chi connectivity index (χ0) is 11.9. The number of tetrazole rings is 1. The lowest BCUT2D eigenvalue weighted by Gasteiger charge is -2.27. The second-order valence-electron chi connectivity index (χ2n) is 4.43. The summed E-state index contributed by atoms with van der Waals surface area (Å²) >= 11 is 0. The van der Waals surface area contributed by atoms with Crippen LogP contribution in [0.3, 0.4) is 0 Å². The molecular weight excluding hydrogens is 226 g/mol. The molecule has 5 heteroatoms. The van der Waals surface area contributed by atoms with Crippen molar-refractivity contribution < 1.29 is 0 Å². The predicted molar refractivity (Wildman–Crippen MR) is 65.8 cm³/mol. The molecular formula is C13H11N5. The van der Waals surface area contributed by atoms with E-state index in [2.05, 4.69) is 62.7 Å². The van der Waals surface area contributed by atoms with Gasteiger partial charge in [-0.15, -0.1) is 5.10 Å². The highest BCUT2D eigenvalue weighted by molar-refractivity contribution is 5.66. The Hall–Kier alpha value is -2.43.